The van der Waals surface area contributed by atoms with Crippen LogP contribution >= 0.6 is 15.9 Å². The molecule has 0 atom stereocenters. The van der Waals surface area contributed by atoms with Gasteiger partial charge in [-0.2, -0.15) is 0 Å². The number of fused-ring (bicyclic) bond motifs is 1. The predicted octanol–water partition coefficient (Wildman–Crippen LogP) is 5.05. The third kappa shape index (κ3) is 4.71. The molecule has 9 nitrogen and oxygen atoms in total. The second kappa shape index (κ2) is 8.61. The van der Waals surface area contributed by atoms with Crippen LogP contribution in [0.5, 0.6) is 5.88 Å². The van der Waals surface area contributed by atoms with Crippen molar-refractivity contribution in [3.05, 3.63) is 57.1 Å². The van der Waals surface area contributed by atoms with Gasteiger partial charge < -0.3 is 15.4 Å². The Bertz CT molecular complexity index is 1050. The number of nitrogens with zero attached hydrogens (tertiary/aromatic N) is 3. The maximum absolute atomic E-state index is 11.9. The molecule has 1 aromatic heterocycles. The second-order valence-electron chi connectivity index (χ2n) is 5.94. The van der Waals surface area contributed by atoms with E-state index >= 15 is 0 Å². The van der Waals surface area contributed by atoms with Crippen molar-refractivity contribution >= 4 is 49.8 Å². The van der Waals surface area contributed by atoms with Crippen molar-refractivity contribution in [1.29, 1.82) is 0 Å². The van der Waals surface area contributed by atoms with Crippen LogP contribution < -0.4 is 5.32 Å². The topological polar surface area (TPSA) is 133 Å². The Hall–Kier alpha value is -3.27. The quantitative estimate of drug-likeness (QED) is 0.202. The van der Waals surface area contributed by atoms with Gasteiger partial charge in [0.05, 0.1) is 10.4 Å². The van der Waals surface area contributed by atoms with E-state index in [1.54, 1.807) is 0 Å². The Kier molecular flexibility index (Phi) is 5.99. The van der Waals surface area contributed by atoms with Gasteiger partial charge in [-0.1, -0.05) is 15.9 Å². The average molecular weight is 446 g/mol. The van der Waals surface area contributed by atoms with Crippen molar-refractivity contribution in [3.8, 4) is 5.88 Å². The number of benzene rings is 2. The molecule has 10 heteroatoms. The van der Waals surface area contributed by atoms with Crippen LogP contribution in [0, 0.1) is 10.1 Å². The van der Waals surface area contributed by atoms with E-state index in [2.05, 4.69) is 36.5 Å². The van der Waals surface area contributed by atoms with Gasteiger partial charge in [0, 0.05) is 40.6 Å². The van der Waals surface area contributed by atoms with Gasteiger partial charge in [0.25, 0.3) is 11.6 Å². The van der Waals surface area contributed by atoms with Gasteiger partial charge in [0.2, 0.25) is 5.88 Å². The third-order valence-corrected chi connectivity index (χ3v) is 4.48. The lowest BCUT2D eigenvalue weighted by atomic mass is 10.2. The van der Waals surface area contributed by atoms with Crippen molar-refractivity contribution < 1.29 is 14.8 Å². The number of hydrogen-bond acceptors (Lipinski definition) is 6. The van der Waals surface area contributed by atoms with E-state index in [4.69, 9.17) is 0 Å². The van der Waals surface area contributed by atoms with Gasteiger partial charge in [-0.15, -0.1) is 10.2 Å². The van der Waals surface area contributed by atoms with E-state index in [1.807, 2.05) is 24.3 Å². The zero-order valence-corrected chi connectivity index (χ0v) is 16.1. The summed E-state index contributed by atoms with van der Waals surface area (Å²) in [5.41, 5.74) is 1.26. The number of carbonyl (C=O) groups is 1. The van der Waals surface area contributed by atoms with Gasteiger partial charge in [-0.05, 0) is 36.8 Å². The fourth-order valence-electron chi connectivity index (χ4n) is 2.56. The number of non-ortho nitro benzene ring substituents is 1. The number of aromatic hydroxyl groups is 1. The number of aromatic nitrogens is 1. The molecular weight excluding hydrogens is 430 g/mol. The average Bonchev–Trinajstić information content (AvgIpc) is 2.99. The first kappa shape index (κ1) is 19.5. The Morgan fingerprint density at radius 3 is 2.71 bits per heavy atom. The molecule has 0 spiro atoms. The number of hydrogen-bond donors (Lipinski definition) is 3. The number of amides is 1. The van der Waals surface area contributed by atoms with E-state index < -0.39 is 10.8 Å². The Labute approximate surface area is 167 Å². The molecule has 28 heavy (non-hydrogen) atoms. The van der Waals surface area contributed by atoms with E-state index in [9.17, 15) is 20.0 Å². The highest BCUT2D eigenvalue weighted by atomic mass is 79.9. The van der Waals surface area contributed by atoms with Crippen LogP contribution in [0.3, 0.4) is 0 Å². The second-order valence-corrected chi connectivity index (χ2v) is 6.86. The van der Waals surface area contributed by atoms with Crippen molar-refractivity contribution in [2.75, 3.05) is 11.9 Å². The largest absolute Gasteiger partial charge is 0.493 e. The highest BCUT2D eigenvalue weighted by molar-refractivity contribution is 9.10. The zero-order valence-electron chi connectivity index (χ0n) is 14.6. The Morgan fingerprint density at radius 2 is 2.00 bits per heavy atom. The summed E-state index contributed by atoms with van der Waals surface area (Å²) in [6, 6.07) is 11.7. The van der Waals surface area contributed by atoms with Crippen molar-refractivity contribution in [2.24, 2.45) is 10.2 Å². The van der Waals surface area contributed by atoms with Gasteiger partial charge in [-0.25, -0.2) is 0 Å². The molecule has 0 bridgehead atoms. The summed E-state index contributed by atoms with van der Waals surface area (Å²) >= 11 is 3.36. The summed E-state index contributed by atoms with van der Waals surface area (Å²) in [6.07, 6.45) is 0.732. The van der Waals surface area contributed by atoms with Crippen LogP contribution in [0.2, 0.25) is 0 Å². The number of rotatable bonds is 7. The SMILES string of the molecule is O=C(CCCNc1ccc(Br)cc1)N=Nc1c(O)[nH]c2ccc([N+](=O)[O-])cc12. The lowest BCUT2D eigenvalue weighted by Crippen LogP contribution is -2.03. The van der Waals surface area contributed by atoms with E-state index in [0.717, 1.165) is 10.2 Å². The number of H-pyrrole nitrogens is 1. The van der Waals surface area contributed by atoms with Crippen LogP contribution in [-0.4, -0.2) is 27.5 Å². The summed E-state index contributed by atoms with van der Waals surface area (Å²) in [5, 5.41) is 31.8. The fraction of sp³-hybridized carbons (Fsp3) is 0.167. The molecule has 0 unspecified atom stereocenters. The minimum absolute atomic E-state index is 0.0000347. The van der Waals surface area contributed by atoms with Crippen LogP contribution in [0.4, 0.5) is 17.1 Å². The number of aromatic amines is 1. The molecule has 3 rings (SSSR count). The van der Waals surface area contributed by atoms with Crippen LogP contribution in [0.1, 0.15) is 12.8 Å². The Morgan fingerprint density at radius 1 is 1.25 bits per heavy atom. The van der Waals surface area contributed by atoms with E-state index in [1.165, 1.54) is 18.2 Å². The number of anilines is 1. The summed E-state index contributed by atoms with van der Waals surface area (Å²) in [6.45, 7) is 0.591. The summed E-state index contributed by atoms with van der Waals surface area (Å²) in [4.78, 5) is 24.9. The maximum Gasteiger partial charge on any atom is 0.270 e. The molecule has 0 aliphatic heterocycles. The number of nitro groups is 1. The first-order valence-corrected chi connectivity index (χ1v) is 9.16. The molecular formula is C18H16BrN5O4. The Balaban J connectivity index is 1.59. The number of nitro benzene ring substituents is 1. The molecule has 0 radical (unpaired) electrons. The van der Waals surface area contributed by atoms with E-state index in [-0.39, 0.29) is 23.7 Å². The van der Waals surface area contributed by atoms with Gasteiger partial charge in [0.15, 0.2) is 5.69 Å². The molecule has 1 amide bonds. The fourth-order valence-corrected chi connectivity index (χ4v) is 2.83. The van der Waals surface area contributed by atoms with Crippen LogP contribution in [0.15, 0.2) is 57.2 Å². The van der Waals surface area contributed by atoms with Crippen molar-refractivity contribution in [2.45, 2.75) is 12.8 Å². The number of halogens is 1. The molecule has 0 saturated heterocycles. The third-order valence-electron chi connectivity index (χ3n) is 3.95. The van der Waals surface area contributed by atoms with E-state index in [0.29, 0.717) is 23.9 Å². The highest BCUT2D eigenvalue weighted by Crippen LogP contribution is 2.37. The summed E-state index contributed by atoms with van der Waals surface area (Å²) in [5.74, 6) is -0.749. The first-order valence-electron chi connectivity index (χ1n) is 8.37. The molecule has 3 aromatic rings. The zero-order chi connectivity index (χ0) is 20.1. The molecule has 1 heterocycles. The molecule has 3 N–H and O–H groups in total. The molecule has 0 saturated carbocycles. The monoisotopic (exact) mass is 445 g/mol. The smallest absolute Gasteiger partial charge is 0.270 e. The van der Waals surface area contributed by atoms with Crippen LogP contribution in [0.25, 0.3) is 10.9 Å². The summed E-state index contributed by atoms with van der Waals surface area (Å²) in [7, 11) is 0. The standard InChI is InChI=1S/C18H16BrN5O4/c19-11-3-5-12(6-4-11)20-9-1-2-16(25)22-23-17-14-10-13(24(27)28)7-8-15(14)21-18(17)26/h3-8,10,20-21,26H,1-2,9H2. The van der Waals surface area contributed by atoms with Crippen molar-refractivity contribution in [1.82, 2.24) is 4.98 Å². The molecule has 2 aromatic carbocycles. The number of azo groups is 1. The van der Waals surface area contributed by atoms with Gasteiger partial charge in [-0.3, -0.25) is 14.9 Å². The molecule has 0 aliphatic rings. The minimum Gasteiger partial charge on any atom is -0.493 e. The normalized spacial score (nSPS) is 11.2. The number of carbonyl (C=O) groups excluding carboxylic acids is 1. The maximum atomic E-state index is 11.9. The van der Waals surface area contributed by atoms with Gasteiger partial charge >= 0.3 is 0 Å². The van der Waals surface area contributed by atoms with Gasteiger partial charge in [0.1, 0.15) is 0 Å². The number of nitrogens with one attached hydrogen (secondary N) is 2. The van der Waals surface area contributed by atoms with Crippen LogP contribution in [-0.2, 0) is 4.79 Å². The lowest BCUT2D eigenvalue weighted by molar-refractivity contribution is -0.384. The lowest BCUT2D eigenvalue weighted by Gasteiger charge is -2.04. The first-order chi connectivity index (χ1) is 13.4. The molecule has 144 valence electrons. The van der Waals surface area contributed by atoms with Crippen molar-refractivity contribution in [3.63, 3.8) is 0 Å². The minimum atomic E-state index is -0.548. The molecule has 0 aliphatic carbocycles. The summed E-state index contributed by atoms with van der Waals surface area (Å²) < 4.78 is 0.986. The predicted molar refractivity (Wildman–Crippen MR) is 108 cm³/mol. The highest BCUT2D eigenvalue weighted by Gasteiger charge is 2.15. The molecule has 0 fully saturated rings.